The Labute approximate surface area is 209 Å². The van der Waals surface area contributed by atoms with Crippen LogP contribution in [0.25, 0.3) is 22.2 Å². The van der Waals surface area contributed by atoms with E-state index < -0.39 is 0 Å². The van der Waals surface area contributed by atoms with Crippen LogP contribution in [-0.2, 0) is 11.8 Å². The topological polar surface area (TPSA) is 106 Å². The molecule has 0 aliphatic rings. The second-order valence-corrected chi connectivity index (χ2v) is 8.33. The summed E-state index contributed by atoms with van der Waals surface area (Å²) in [5.41, 5.74) is 3.77. The monoisotopic (exact) mass is 487 g/mol. The van der Waals surface area contributed by atoms with E-state index in [1.54, 1.807) is 25.4 Å². The smallest absolute Gasteiger partial charge is 0.247 e. The first-order chi connectivity index (χ1) is 17.4. The van der Waals surface area contributed by atoms with Gasteiger partial charge in [-0.05, 0) is 44.4 Å². The van der Waals surface area contributed by atoms with Crippen molar-refractivity contribution in [3.63, 3.8) is 0 Å². The first-order valence-corrected chi connectivity index (χ1v) is 11.3. The van der Waals surface area contributed by atoms with Crippen molar-refractivity contribution in [2.75, 3.05) is 45.0 Å². The molecule has 36 heavy (non-hydrogen) atoms. The maximum atomic E-state index is 12.1. The number of aryl methyl sites for hydroxylation is 1. The van der Waals surface area contributed by atoms with Crippen LogP contribution >= 0.6 is 0 Å². The highest BCUT2D eigenvalue weighted by Crippen LogP contribution is 2.38. The van der Waals surface area contributed by atoms with E-state index in [9.17, 15) is 4.79 Å². The van der Waals surface area contributed by atoms with Crippen LogP contribution in [-0.4, -0.2) is 64.9 Å². The van der Waals surface area contributed by atoms with E-state index in [0.29, 0.717) is 42.0 Å². The van der Waals surface area contributed by atoms with Crippen molar-refractivity contribution in [2.24, 2.45) is 7.05 Å². The Balaban J connectivity index is 1.64. The van der Waals surface area contributed by atoms with Gasteiger partial charge in [-0.25, -0.2) is 9.97 Å². The lowest BCUT2D eigenvalue weighted by Gasteiger charge is -2.18. The molecule has 10 heteroatoms. The number of amides is 1. The molecule has 0 unspecified atom stereocenters. The van der Waals surface area contributed by atoms with Crippen LogP contribution in [0.3, 0.4) is 0 Å². The molecular weight excluding hydrogens is 458 g/mol. The molecule has 2 aromatic heterocycles. The van der Waals surface area contributed by atoms with Gasteiger partial charge in [0.1, 0.15) is 18.1 Å². The van der Waals surface area contributed by atoms with Crippen molar-refractivity contribution in [1.29, 1.82) is 0 Å². The lowest BCUT2D eigenvalue weighted by molar-refractivity contribution is -0.111. The van der Waals surface area contributed by atoms with Crippen molar-refractivity contribution in [3.8, 4) is 22.8 Å². The van der Waals surface area contributed by atoms with Gasteiger partial charge >= 0.3 is 0 Å². The van der Waals surface area contributed by atoms with Gasteiger partial charge in [0.05, 0.1) is 35.9 Å². The Morgan fingerprint density at radius 2 is 2.00 bits per heavy atom. The molecule has 0 bridgehead atoms. The molecule has 10 nitrogen and oxygen atoms in total. The molecule has 0 saturated heterocycles. The summed E-state index contributed by atoms with van der Waals surface area (Å²) >= 11 is 0. The van der Waals surface area contributed by atoms with Crippen LogP contribution in [0.1, 0.15) is 0 Å². The van der Waals surface area contributed by atoms with E-state index in [-0.39, 0.29) is 5.91 Å². The molecular formula is C26H29N7O3. The van der Waals surface area contributed by atoms with Gasteiger partial charge < -0.3 is 25.0 Å². The largest absolute Gasteiger partial charge is 0.494 e. The van der Waals surface area contributed by atoms with Gasteiger partial charge in [0, 0.05) is 36.8 Å². The molecule has 0 spiro atoms. The third kappa shape index (κ3) is 5.61. The molecule has 0 radical (unpaired) electrons. The average molecular weight is 488 g/mol. The van der Waals surface area contributed by atoms with Crippen LogP contribution in [0.4, 0.5) is 17.3 Å². The molecule has 0 aliphatic heterocycles. The minimum Gasteiger partial charge on any atom is -0.494 e. The number of nitrogens with one attached hydrogen (secondary N) is 2. The second kappa shape index (κ2) is 10.9. The van der Waals surface area contributed by atoms with E-state index in [0.717, 1.165) is 22.2 Å². The predicted octanol–water partition coefficient (Wildman–Crippen LogP) is 3.85. The van der Waals surface area contributed by atoms with Crippen LogP contribution in [0.15, 0.2) is 61.4 Å². The van der Waals surface area contributed by atoms with E-state index in [1.807, 2.05) is 61.2 Å². The highest BCUT2D eigenvalue weighted by atomic mass is 16.5. The molecule has 2 heterocycles. The van der Waals surface area contributed by atoms with Gasteiger partial charge in [-0.15, -0.1) is 0 Å². The number of likely N-dealkylation sites (N-methyl/N-ethyl adjacent to an activating group) is 1. The fraction of sp³-hybridized carbons (Fsp3) is 0.231. The predicted molar refractivity (Wildman–Crippen MR) is 141 cm³/mol. The van der Waals surface area contributed by atoms with Crippen molar-refractivity contribution in [1.82, 2.24) is 24.6 Å². The van der Waals surface area contributed by atoms with Crippen molar-refractivity contribution >= 4 is 34.1 Å². The van der Waals surface area contributed by atoms with Crippen molar-refractivity contribution < 1.29 is 14.3 Å². The van der Waals surface area contributed by atoms with Crippen LogP contribution in [0.5, 0.6) is 11.5 Å². The normalized spacial score (nSPS) is 10.9. The zero-order valence-corrected chi connectivity index (χ0v) is 20.8. The molecule has 0 saturated carbocycles. The highest BCUT2D eigenvalue weighted by Gasteiger charge is 2.15. The maximum Gasteiger partial charge on any atom is 0.247 e. The van der Waals surface area contributed by atoms with E-state index in [2.05, 4.69) is 32.3 Å². The van der Waals surface area contributed by atoms with Gasteiger partial charge in [-0.1, -0.05) is 12.6 Å². The molecule has 2 aromatic carbocycles. The van der Waals surface area contributed by atoms with Gasteiger partial charge in [0.25, 0.3) is 0 Å². The summed E-state index contributed by atoms with van der Waals surface area (Å²) < 4.78 is 13.3. The number of rotatable bonds is 10. The number of fused-ring (bicyclic) bond motifs is 1. The second-order valence-electron chi connectivity index (χ2n) is 8.33. The Morgan fingerprint density at radius 1 is 1.17 bits per heavy atom. The Hall–Kier alpha value is -4.44. The zero-order valence-electron chi connectivity index (χ0n) is 20.8. The summed E-state index contributed by atoms with van der Waals surface area (Å²) in [6.07, 6.45) is 4.71. The minimum absolute atomic E-state index is 0.354. The van der Waals surface area contributed by atoms with Gasteiger partial charge in [0.15, 0.2) is 0 Å². The van der Waals surface area contributed by atoms with Crippen LogP contribution < -0.4 is 20.1 Å². The number of methoxy groups -OCH3 is 1. The highest BCUT2D eigenvalue weighted by molar-refractivity contribution is 6.00. The molecule has 0 atom stereocenters. The van der Waals surface area contributed by atoms with Crippen LogP contribution in [0.2, 0.25) is 0 Å². The number of hydrogen-bond donors (Lipinski definition) is 2. The maximum absolute atomic E-state index is 12.1. The van der Waals surface area contributed by atoms with Gasteiger partial charge in [-0.2, -0.15) is 5.10 Å². The van der Waals surface area contributed by atoms with E-state index in [4.69, 9.17) is 9.47 Å². The number of hydrogen-bond acceptors (Lipinski definition) is 8. The molecule has 2 N–H and O–H groups in total. The van der Waals surface area contributed by atoms with E-state index >= 15 is 0 Å². The quantitative estimate of drug-likeness (QED) is 0.325. The standard InChI is InChI=1S/C26H29N7O3/c1-6-25(34)29-21-14-20(23(35-5)15-24(21)36-12-11-32(2)3)31-26-27-10-9-19(30-26)17-7-8-22-18(13-17)16-28-33(22)4/h6-10,13-16H,1,11-12H2,2-5H3,(H,29,34)(H,27,30,31). The number of anilines is 3. The molecule has 4 rings (SSSR count). The number of aromatic nitrogens is 4. The number of carbonyl (C=O) groups excluding carboxylic acids is 1. The summed E-state index contributed by atoms with van der Waals surface area (Å²) in [7, 11) is 7.39. The summed E-state index contributed by atoms with van der Waals surface area (Å²) in [5.74, 6) is 1.01. The lowest BCUT2D eigenvalue weighted by Crippen LogP contribution is -2.20. The Bertz CT molecular complexity index is 1400. The molecule has 1 amide bonds. The third-order valence-corrected chi connectivity index (χ3v) is 5.49. The molecule has 0 aliphatic carbocycles. The molecule has 0 fully saturated rings. The fourth-order valence-electron chi connectivity index (χ4n) is 3.59. The van der Waals surface area contributed by atoms with E-state index in [1.165, 1.54) is 6.08 Å². The average Bonchev–Trinajstić information content (AvgIpc) is 3.25. The summed E-state index contributed by atoms with van der Waals surface area (Å²) in [5, 5.41) is 11.3. The number of ether oxygens (including phenoxy) is 2. The van der Waals surface area contributed by atoms with Gasteiger partial charge in [-0.3, -0.25) is 9.48 Å². The lowest BCUT2D eigenvalue weighted by atomic mass is 10.1. The zero-order chi connectivity index (χ0) is 25.7. The Morgan fingerprint density at radius 3 is 2.75 bits per heavy atom. The summed E-state index contributed by atoms with van der Waals surface area (Å²) in [6.45, 7) is 4.68. The molecule has 4 aromatic rings. The first-order valence-electron chi connectivity index (χ1n) is 11.3. The SMILES string of the molecule is C=CC(=O)Nc1cc(Nc2nccc(-c3ccc4c(cnn4C)c3)n2)c(OC)cc1OCCN(C)C. The third-order valence-electron chi connectivity index (χ3n) is 5.49. The minimum atomic E-state index is -0.354. The first kappa shape index (κ1) is 24.7. The fourth-order valence-corrected chi connectivity index (χ4v) is 3.59. The number of nitrogens with zero attached hydrogens (tertiary/aromatic N) is 5. The van der Waals surface area contributed by atoms with Crippen LogP contribution in [0, 0.1) is 0 Å². The summed E-state index contributed by atoms with van der Waals surface area (Å²) in [6, 6.07) is 11.3. The Kier molecular flexibility index (Phi) is 7.45. The van der Waals surface area contributed by atoms with Crippen molar-refractivity contribution in [2.45, 2.75) is 0 Å². The number of carbonyl (C=O) groups is 1. The molecule has 186 valence electrons. The number of benzene rings is 2. The van der Waals surface area contributed by atoms with Crippen molar-refractivity contribution in [3.05, 3.63) is 61.4 Å². The summed E-state index contributed by atoms with van der Waals surface area (Å²) in [4.78, 5) is 23.1. The van der Waals surface area contributed by atoms with Gasteiger partial charge in [0.2, 0.25) is 11.9 Å².